The minimum atomic E-state index is -0.227. The molecule has 1 saturated carbocycles. The molecule has 0 spiro atoms. The second-order valence-electron chi connectivity index (χ2n) is 7.00. The number of para-hydroxylation sites is 2. The number of carbonyl (C=O) groups is 1. The van der Waals surface area contributed by atoms with Gasteiger partial charge in [0.15, 0.2) is 0 Å². The zero-order valence-electron chi connectivity index (χ0n) is 15.2. The molecule has 0 saturated heterocycles. The largest absolute Gasteiger partial charge is 0.272 e. The van der Waals surface area contributed by atoms with E-state index in [0.29, 0.717) is 11.5 Å². The summed E-state index contributed by atoms with van der Waals surface area (Å²) in [4.78, 5) is 21.9. The van der Waals surface area contributed by atoms with Gasteiger partial charge < -0.3 is 0 Å². The molecule has 0 radical (unpaired) electrons. The number of fused-ring (bicyclic) bond motifs is 2. The van der Waals surface area contributed by atoms with Crippen LogP contribution < -0.4 is 5.43 Å². The van der Waals surface area contributed by atoms with Gasteiger partial charge in [-0.05, 0) is 37.1 Å². The average molecular weight is 366 g/mol. The summed E-state index contributed by atoms with van der Waals surface area (Å²) in [5.74, 6) is 0.248. The smallest absolute Gasteiger partial charge is 0.267 e. The number of aromatic nitrogens is 2. The van der Waals surface area contributed by atoms with Crippen LogP contribution in [0.4, 0.5) is 0 Å². The van der Waals surface area contributed by atoms with Crippen LogP contribution in [-0.2, 0) is 0 Å². The lowest BCUT2D eigenvalue weighted by molar-refractivity contribution is 0.0956. The first-order valence-electron chi connectivity index (χ1n) is 9.36. The summed E-state index contributed by atoms with van der Waals surface area (Å²) in [7, 11) is 0. The number of amides is 1. The van der Waals surface area contributed by atoms with Crippen LogP contribution >= 0.6 is 0 Å². The zero-order valence-corrected chi connectivity index (χ0v) is 15.2. The molecule has 1 aliphatic rings. The van der Waals surface area contributed by atoms with E-state index in [0.717, 1.165) is 45.9 Å². The van der Waals surface area contributed by atoms with Gasteiger partial charge in [0.2, 0.25) is 0 Å². The van der Waals surface area contributed by atoms with E-state index in [1.807, 2.05) is 60.7 Å². The van der Waals surface area contributed by atoms with Gasteiger partial charge in [0.05, 0.1) is 22.8 Å². The maximum atomic E-state index is 12.8. The van der Waals surface area contributed by atoms with Gasteiger partial charge in [-0.25, -0.2) is 5.43 Å². The van der Waals surface area contributed by atoms with Crippen molar-refractivity contribution in [2.24, 2.45) is 5.10 Å². The molecule has 28 heavy (non-hydrogen) atoms. The molecule has 4 aromatic rings. The normalized spacial score (nSPS) is 14.0. The Kier molecular flexibility index (Phi) is 4.05. The topological polar surface area (TPSA) is 67.2 Å². The fourth-order valence-corrected chi connectivity index (χ4v) is 3.42. The molecule has 1 fully saturated rings. The minimum Gasteiger partial charge on any atom is -0.267 e. The number of hydrogen-bond acceptors (Lipinski definition) is 4. The molecular formula is C23H18N4O. The van der Waals surface area contributed by atoms with Crippen molar-refractivity contribution in [2.75, 3.05) is 0 Å². The van der Waals surface area contributed by atoms with Crippen LogP contribution in [-0.4, -0.2) is 22.1 Å². The van der Waals surface area contributed by atoms with E-state index in [1.165, 1.54) is 0 Å². The van der Waals surface area contributed by atoms with Crippen molar-refractivity contribution in [2.45, 2.75) is 18.8 Å². The summed E-state index contributed by atoms with van der Waals surface area (Å²) >= 11 is 0. The molecule has 0 bridgehead atoms. The Balaban J connectivity index is 1.45. The highest BCUT2D eigenvalue weighted by molar-refractivity contribution is 6.06. The molecule has 5 rings (SSSR count). The number of carbonyl (C=O) groups excluding carboxylic acids is 1. The highest BCUT2D eigenvalue weighted by atomic mass is 16.2. The molecule has 0 atom stereocenters. The number of nitrogens with one attached hydrogen (secondary N) is 1. The molecule has 1 amide bonds. The molecule has 136 valence electrons. The number of nitrogens with zero attached hydrogens (tertiary/aromatic N) is 3. The molecule has 2 aromatic heterocycles. The maximum absolute atomic E-state index is 12.8. The average Bonchev–Trinajstić information content (AvgIpc) is 3.58. The molecule has 0 unspecified atom stereocenters. The van der Waals surface area contributed by atoms with Gasteiger partial charge in [-0.1, -0.05) is 36.4 Å². The third-order valence-electron chi connectivity index (χ3n) is 5.03. The van der Waals surface area contributed by atoms with Gasteiger partial charge in [-0.2, -0.15) is 5.10 Å². The van der Waals surface area contributed by atoms with Crippen LogP contribution in [0.25, 0.3) is 21.8 Å². The number of pyridine rings is 2. The fourth-order valence-electron chi connectivity index (χ4n) is 3.42. The highest BCUT2D eigenvalue weighted by Gasteiger charge is 2.26. The summed E-state index contributed by atoms with van der Waals surface area (Å²) in [6.45, 7) is 0. The molecule has 1 N–H and O–H groups in total. The van der Waals surface area contributed by atoms with E-state index in [9.17, 15) is 4.79 Å². The van der Waals surface area contributed by atoms with Crippen molar-refractivity contribution >= 4 is 33.9 Å². The fraction of sp³-hybridized carbons (Fsp3) is 0.130. The predicted molar refractivity (Wildman–Crippen MR) is 111 cm³/mol. The second kappa shape index (κ2) is 6.85. The van der Waals surface area contributed by atoms with E-state index in [-0.39, 0.29) is 5.91 Å². The molecular weight excluding hydrogens is 348 g/mol. The monoisotopic (exact) mass is 366 g/mol. The van der Waals surface area contributed by atoms with Crippen molar-refractivity contribution in [1.82, 2.24) is 15.4 Å². The third-order valence-corrected chi connectivity index (χ3v) is 5.03. The Labute approximate surface area is 162 Å². The second-order valence-corrected chi connectivity index (χ2v) is 7.00. The standard InChI is InChI=1S/C23H18N4O/c28-23(27-25-14-16-11-12-24-20-7-3-1-5-17(16)20)19-13-22(15-9-10-15)26-21-8-4-2-6-18(19)21/h1-8,11-15H,9-10H2,(H,27,28)/b25-14+. The van der Waals surface area contributed by atoms with E-state index >= 15 is 0 Å². The number of benzene rings is 2. The summed E-state index contributed by atoms with van der Waals surface area (Å²) in [5.41, 5.74) is 6.93. The summed E-state index contributed by atoms with van der Waals surface area (Å²) in [5, 5.41) is 6.03. The van der Waals surface area contributed by atoms with Gasteiger partial charge in [0, 0.05) is 34.1 Å². The van der Waals surface area contributed by atoms with Crippen molar-refractivity contribution < 1.29 is 4.79 Å². The number of hydrogen-bond donors (Lipinski definition) is 1. The van der Waals surface area contributed by atoms with Gasteiger partial charge in [0.1, 0.15) is 0 Å². The lowest BCUT2D eigenvalue weighted by atomic mass is 10.1. The number of hydrazone groups is 1. The molecule has 2 heterocycles. The van der Waals surface area contributed by atoms with Crippen molar-refractivity contribution in [1.29, 1.82) is 0 Å². The highest BCUT2D eigenvalue weighted by Crippen LogP contribution is 2.40. The van der Waals surface area contributed by atoms with Crippen LogP contribution in [0.1, 0.15) is 40.4 Å². The molecule has 5 nitrogen and oxygen atoms in total. The van der Waals surface area contributed by atoms with Crippen molar-refractivity contribution in [3.8, 4) is 0 Å². The van der Waals surface area contributed by atoms with Crippen molar-refractivity contribution in [3.05, 3.63) is 83.7 Å². The first-order valence-corrected chi connectivity index (χ1v) is 9.36. The van der Waals surface area contributed by atoms with Gasteiger partial charge >= 0.3 is 0 Å². The lowest BCUT2D eigenvalue weighted by Crippen LogP contribution is -2.18. The lowest BCUT2D eigenvalue weighted by Gasteiger charge is -2.08. The molecule has 5 heteroatoms. The van der Waals surface area contributed by atoms with Gasteiger partial charge in [-0.15, -0.1) is 0 Å². The maximum Gasteiger partial charge on any atom is 0.272 e. The van der Waals surface area contributed by atoms with E-state index in [1.54, 1.807) is 12.4 Å². The van der Waals surface area contributed by atoms with Gasteiger partial charge in [0.25, 0.3) is 5.91 Å². The van der Waals surface area contributed by atoms with Crippen LogP contribution in [0.5, 0.6) is 0 Å². The van der Waals surface area contributed by atoms with E-state index in [2.05, 4.69) is 15.5 Å². The van der Waals surface area contributed by atoms with Crippen LogP contribution in [0.2, 0.25) is 0 Å². The first kappa shape index (κ1) is 16.6. The summed E-state index contributed by atoms with van der Waals surface area (Å²) in [6, 6.07) is 19.4. The summed E-state index contributed by atoms with van der Waals surface area (Å²) in [6.07, 6.45) is 5.68. The molecule has 1 aliphatic carbocycles. The van der Waals surface area contributed by atoms with Gasteiger partial charge in [-0.3, -0.25) is 14.8 Å². The molecule has 2 aromatic carbocycles. The van der Waals surface area contributed by atoms with Crippen molar-refractivity contribution in [3.63, 3.8) is 0 Å². The Morgan fingerprint density at radius 1 is 1.00 bits per heavy atom. The quantitative estimate of drug-likeness (QED) is 0.429. The van der Waals surface area contributed by atoms with Crippen LogP contribution in [0, 0.1) is 0 Å². The SMILES string of the molecule is O=C(N/N=C/c1ccnc2ccccc12)c1cc(C2CC2)nc2ccccc12. The van der Waals surface area contributed by atoms with Crippen LogP contribution in [0.3, 0.4) is 0 Å². The third kappa shape index (κ3) is 3.11. The minimum absolute atomic E-state index is 0.227. The van der Waals surface area contributed by atoms with E-state index in [4.69, 9.17) is 4.98 Å². The Bertz CT molecular complexity index is 1220. The first-order chi connectivity index (χ1) is 13.8. The molecule has 0 aliphatic heterocycles. The Morgan fingerprint density at radius 3 is 2.57 bits per heavy atom. The van der Waals surface area contributed by atoms with E-state index < -0.39 is 0 Å². The Hall–Kier alpha value is -3.60. The Morgan fingerprint density at radius 2 is 1.75 bits per heavy atom. The zero-order chi connectivity index (χ0) is 18.9. The van der Waals surface area contributed by atoms with Crippen LogP contribution in [0.15, 0.2) is 72.0 Å². The number of rotatable bonds is 4. The predicted octanol–water partition coefficient (Wildman–Crippen LogP) is 4.42. The summed E-state index contributed by atoms with van der Waals surface area (Å²) < 4.78 is 0.